The molecule has 3 heteroatoms. The third kappa shape index (κ3) is 3.33. The van der Waals surface area contributed by atoms with E-state index in [4.69, 9.17) is 0 Å². The molecule has 98 valence electrons. The van der Waals surface area contributed by atoms with Crippen LogP contribution in [0.5, 0.6) is 0 Å². The molecule has 0 aliphatic heterocycles. The summed E-state index contributed by atoms with van der Waals surface area (Å²) < 4.78 is 0. The zero-order chi connectivity index (χ0) is 13.0. The number of likely N-dealkylation sites (N-methyl/N-ethyl adjacent to an activating group) is 1. The number of hydrogen-bond acceptors (Lipinski definition) is 2. The molecule has 0 unspecified atom stereocenters. The summed E-state index contributed by atoms with van der Waals surface area (Å²) in [5.74, 6) is 0.758. The van der Waals surface area contributed by atoms with Crippen LogP contribution in [0.2, 0.25) is 0 Å². The highest BCUT2D eigenvalue weighted by Gasteiger charge is 2.30. The van der Waals surface area contributed by atoms with Crippen molar-refractivity contribution < 1.29 is 4.79 Å². The maximum atomic E-state index is 11.3. The van der Waals surface area contributed by atoms with Crippen molar-refractivity contribution in [3.63, 3.8) is 0 Å². The summed E-state index contributed by atoms with van der Waals surface area (Å²) in [4.78, 5) is 11.3. The summed E-state index contributed by atoms with van der Waals surface area (Å²) >= 11 is 0. The molecular formula is C15H22N2O. The van der Waals surface area contributed by atoms with Gasteiger partial charge in [-0.2, -0.15) is 0 Å². The zero-order valence-electron chi connectivity index (χ0n) is 11.2. The minimum absolute atomic E-state index is 0.0940. The van der Waals surface area contributed by atoms with Gasteiger partial charge < -0.3 is 10.6 Å². The Kier molecular flexibility index (Phi) is 4.37. The zero-order valence-corrected chi connectivity index (χ0v) is 11.2. The molecule has 0 bridgehead atoms. The third-order valence-corrected chi connectivity index (χ3v) is 3.58. The Bertz CT molecular complexity index is 411. The Morgan fingerprint density at radius 1 is 1.39 bits per heavy atom. The first-order chi connectivity index (χ1) is 8.69. The van der Waals surface area contributed by atoms with E-state index < -0.39 is 0 Å². The molecule has 1 aromatic carbocycles. The molecule has 0 spiro atoms. The molecular weight excluding hydrogens is 224 g/mol. The Morgan fingerprint density at radius 3 is 2.83 bits per heavy atom. The molecule has 2 rings (SSSR count). The lowest BCUT2D eigenvalue weighted by molar-refractivity contribution is -0.120. The highest BCUT2D eigenvalue weighted by molar-refractivity contribution is 5.77. The first kappa shape index (κ1) is 13.1. The summed E-state index contributed by atoms with van der Waals surface area (Å²) in [6, 6.07) is 9.23. The number of rotatable bonds is 5. The summed E-state index contributed by atoms with van der Waals surface area (Å²) in [6.07, 6.45) is 2.28. The van der Waals surface area contributed by atoms with Crippen LogP contribution in [0.4, 0.5) is 0 Å². The second kappa shape index (κ2) is 6.01. The lowest BCUT2D eigenvalue weighted by atomic mass is 9.75. The first-order valence-electron chi connectivity index (χ1n) is 6.75. The molecule has 1 aromatic rings. The average molecular weight is 246 g/mol. The van der Waals surface area contributed by atoms with Gasteiger partial charge in [-0.15, -0.1) is 0 Å². The predicted octanol–water partition coefficient (Wildman–Crippen LogP) is 1.97. The van der Waals surface area contributed by atoms with Crippen LogP contribution in [0.25, 0.3) is 0 Å². The van der Waals surface area contributed by atoms with Crippen molar-refractivity contribution in [3.05, 3.63) is 35.4 Å². The fourth-order valence-corrected chi connectivity index (χ4v) is 2.48. The molecule has 18 heavy (non-hydrogen) atoms. The van der Waals surface area contributed by atoms with E-state index >= 15 is 0 Å². The molecule has 0 aromatic heterocycles. The summed E-state index contributed by atoms with van der Waals surface area (Å²) in [6.45, 7) is 5.22. The molecule has 1 aliphatic carbocycles. The van der Waals surface area contributed by atoms with Crippen LogP contribution >= 0.6 is 0 Å². The van der Waals surface area contributed by atoms with E-state index in [1.807, 2.05) is 6.92 Å². The second-order valence-electron chi connectivity index (χ2n) is 5.11. The number of nitrogens with one attached hydrogen (secondary N) is 2. The van der Waals surface area contributed by atoms with E-state index in [9.17, 15) is 4.79 Å². The molecule has 0 saturated heterocycles. The number of aryl methyl sites for hydroxylation is 1. The van der Waals surface area contributed by atoms with E-state index in [-0.39, 0.29) is 5.91 Å². The Labute approximate surface area is 109 Å². The van der Waals surface area contributed by atoms with Gasteiger partial charge in [-0.1, -0.05) is 29.8 Å². The minimum Gasteiger partial charge on any atom is -0.355 e. The van der Waals surface area contributed by atoms with Crippen LogP contribution in [0.15, 0.2) is 24.3 Å². The molecule has 1 fully saturated rings. The number of hydrogen-bond donors (Lipinski definition) is 2. The van der Waals surface area contributed by atoms with Crippen LogP contribution < -0.4 is 10.6 Å². The van der Waals surface area contributed by atoms with Crippen LogP contribution in [-0.2, 0) is 4.79 Å². The maximum Gasteiger partial charge on any atom is 0.233 e. The van der Waals surface area contributed by atoms with E-state index in [1.165, 1.54) is 11.1 Å². The van der Waals surface area contributed by atoms with Gasteiger partial charge in [-0.05, 0) is 38.2 Å². The van der Waals surface area contributed by atoms with Crippen molar-refractivity contribution in [2.24, 2.45) is 0 Å². The van der Waals surface area contributed by atoms with Gasteiger partial charge in [0.25, 0.3) is 0 Å². The second-order valence-corrected chi connectivity index (χ2v) is 5.11. The fraction of sp³-hybridized carbons (Fsp3) is 0.533. The molecule has 3 nitrogen and oxygen atoms in total. The molecule has 1 amide bonds. The number of carbonyl (C=O) groups excluding carboxylic acids is 1. The van der Waals surface area contributed by atoms with Gasteiger partial charge in [0.2, 0.25) is 5.91 Å². The number of carbonyl (C=O) groups is 1. The van der Waals surface area contributed by atoms with Gasteiger partial charge in [0.05, 0.1) is 6.54 Å². The van der Waals surface area contributed by atoms with Crippen molar-refractivity contribution in [2.75, 3.05) is 13.1 Å². The SMILES string of the molecule is CCNC(=O)CNC1CC(c2cccc(C)c2)C1. The molecule has 2 N–H and O–H groups in total. The Morgan fingerprint density at radius 2 is 2.17 bits per heavy atom. The van der Waals surface area contributed by atoms with Gasteiger partial charge in [0, 0.05) is 12.6 Å². The molecule has 1 aliphatic rings. The van der Waals surface area contributed by atoms with Crippen LogP contribution in [0, 0.1) is 6.92 Å². The quantitative estimate of drug-likeness (QED) is 0.834. The highest BCUT2D eigenvalue weighted by atomic mass is 16.1. The molecule has 1 saturated carbocycles. The van der Waals surface area contributed by atoms with Crippen LogP contribution in [0.3, 0.4) is 0 Å². The molecule has 0 atom stereocenters. The van der Waals surface area contributed by atoms with E-state index in [2.05, 4.69) is 41.8 Å². The largest absolute Gasteiger partial charge is 0.355 e. The van der Waals surface area contributed by atoms with Crippen LogP contribution in [0.1, 0.15) is 36.8 Å². The standard InChI is InChI=1S/C15H22N2O/c1-3-16-15(18)10-17-14-8-13(9-14)12-6-4-5-11(2)7-12/h4-7,13-14,17H,3,8-10H2,1-2H3,(H,16,18). The normalized spacial score (nSPS) is 22.3. The molecule has 0 radical (unpaired) electrons. The van der Waals surface area contributed by atoms with Crippen molar-refractivity contribution in [3.8, 4) is 0 Å². The Balaban J connectivity index is 1.72. The van der Waals surface area contributed by atoms with Gasteiger partial charge >= 0.3 is 0 Å². The highest BCUT2D eigenvalue weighted by Crippen LogP contribution is 2.36. The lowest BCUT2D eigenvalue weighted by Crippen LogP contribution is -2.44. The Hall–Kier alpha value is -1.35. The smallest absolute Gasteiger partial charge is 0.233 e. The van der Waals surface area contributed by atoms with E-state index in [0.29, 0.717) is 25.0 Å². The van der Waals surface area contributed by atoms with Gasteiger partial charge in [-0.25, -0.2) is 0 Å². The van der Waals surface area contributed by atoms with Crippen LogP contribution in [-0.4, -0.2) is 25.0 Å². The minimum atomic E-state index is 0.0940. The lowest BCUT2D eigenvalue weighted by Gasteiger charge is -2.36. The number of benzene rings is 1. The fourth-order valence-electron chi connectivity index (χ4n) is 2.48. The van der Waals surface area contributed by atoms with Crippen molar-refractivity contribution >= 4 is 5.91 Å². The summed E-state index contributed by atoms with van der Waals surface area (Å²) in [5.41, 5.74) is 2.76. The van der Waals surface area contributed by atoms with Gasteiger partial charge in [0.1, 0.15) is 0 Å². The first-order valence-corrected chi connectivity index (χ1v) is 6.75. The van der Waals surface area contributed by atoms with Gasteiger partial charge in [-0.3, -0.25) is 4.79 Å². The van der Waals surface area contributed by atoms with Crippen molar-refractivity contribution in [1.29, 1.82) is 0 Å². The van der Waals surface area contributed by atoms with Crippen molar-refractivity contribution in [1.82, 2.24) is 10.6 Å². The molecule has 0 heterocycles. The van der Waals surface area contributed by atoms with E-state index in [0.717, 1.165) is 12.8 Å². The summed E-state index contributed by atoms with van der Waals surface area (Å²) in [7, 11) is 0. The average Bonchev–Trinajstić information content (AvgIpc) is 2.27. The maximum absolute atomic E-state index is 11.3. The topological polar surface area (TPSA) is 41.1 Å². The van der Waals surface area contributed by atoms with Crippen molar-refractivity contribution in [2.45, 2.75) is 38.6 Å². The predicted molar refractivity (Wildman–Crippen MR) is 73.6 cm³/mol. The van der Waals surface area contributed by atoms with Gasteiger partial charge in [0.15, 0.2) is 0 Å². The third-order valence-electron chi connectivity index (χ3n) is 3.58. The monoisotopic (exact) mass is 246 g/mol. The van der Waals surface area contributed by atoms with E-state index in [1.54, 1.807) is 0 Å². The summed E-state index contributed by atoms with van der Waals surface area (Å²) in [5, 5.41) is 6.10. The number of amides is 1.